The van der Waals surface area contributed by atoms with Gasteiger partial charge in [0.1, 0.15) is 12.1 Å². The molecule has 0 saturated heterocycles. The fourth-order valence-corrected chi connectivity index (χ4v) is 2.65. The van der Waals surface area contributed by atoms with Gasteiger partial charge in [-0.25, -0.2) is 9.97 Å². The highest BCUT2D eigenvalue weighted by Crippen LogP contribution is 2.25. The molecule has 19 heavy (non-hydrogen) atoms. The van der Waals surface area contributed by atoms with Crippen molar-refractivity contribution in [2.75, 3.05) is 18.5 Å². The van der Waals surface area contributed by atoms with E-state index in [0.29, 0.717) is 24.4 Å². The molecule has 1 aliphatic carbocycles. The first-order valence-corrected chi connectivity index (χ1v) is 7.14. The van der Waals surface area contributed by atoms with Gasteiger partial charge in [0.2, 0.25) is 5.88 Å². The molecule has 0 spiro atoms. The summed E-state index contributed by atoms with van der Waals surface area (Å²) >= 11 is 0. The molecule has 0 aliphatic heterocycles. The van der Waals surface area contributed by atoms with Gasteiger partial charge in [0.15, 0.2) is 0 Å². The van der Waals surface area contributed by atoms with Crippen molar-refractivity contribution in [3.63, 3.8) is 0 Å². The van der Waals surface area contributed by atoms with Crippen LogP contribution in [0.2, 0.25) is 0 Å². The number of nitrogens with one attached hydrogen (secondary N) is 1. The lowest BCUT2D eigenvalue weighted by Gasteiger charge is -2.27. The first-order valence-electron chi connectivity index (χ1n) is 7.14. The van der Waals surface area contributed by atoms with Crippen molar-refractivity contribution in [1.82, 2.24) is 9.97 Å². The molecule has 0 radical (unpaired) electrons. The number of nitrogens with zero attached hydrogens (tertiary/aromatic N) is 2. The quantitative estimate of drug-likeness (QED) is 0.852. The van der Waals surface area contributed by atoms with Crippen LogP contribution in [0.1, 0.15) is 38.2 Å². The van der Waals surface area contributed by atoms with Crippen LogP contribution in [0.3, 0.4) is 0 Å². The minimum atomic E-state index is 0.367. The second kappa shape index (κ2) is 6.70. The van der Waals surface area contributed by atoms with Gasteiger partial charge in [-0.15, -0.1) is 0 Å². The van der Waals surface area contributed by atoms with Crippen LogP contribution >= 0.6 is 0 Å². The highest BCUT2D eigenvalue weighted by molar-refractivity contribution is 5.47. The fraction of sp³-hybridized carbons (Fsp3) is 0.714. The van der Waals surface area contributed by atoms with Gasteiger partial charge in [0.05, 0.1) is 12.2 Å². The van der Waals surface area contributed by atoms with Crippen LogP contribution in [0.5, 0.6) is 5.88 Å². The van der Waals surface area contributed by atoms with Gasteiger partial charge in [0, 0.05) is 12.6 Å². The molecule has 2 atom stereocenters. The molecule has 1 aliphatic rings. The van der Waals surface area contributed by atoms with Crippen molar-refractivity contribution in [2.24, 2.45) is 11.7 Å². The smallest absolute Gasteiger partial charge is 0.221 e. The third-order valence-corrected chi connectivity index (χ3v) is 3.70. The highest BCUT2D eigenvalue weighted by Gasteiger charge is 2.19. The summed E-state index contributed by atoms with van der Waals surface area (Å²) in [5, 5.41) is 3.42. The molecular formula is C14H24N4O. The van der Waals surface area contributed by atoms with Crippen LogP contribution in [-0.2, 0) is 0 Å². The van der Waals surface area contributed by atoms with Crippen molar-refractivity contribution < 1.29 is 4.74 Å². The van der Waals surface area contributed by atoms with E-state index in [0.717, 1.165) is 30.8 Å². The summed E-state index contributed by atoms with van der Waals surface area (Å²) in [5.41, 5.74) is 6.99. The first-order chi connectivity index (χ1) is 9.20. The number of rotatable bonds is 5. The second-order valence-electron chi connectivity index (χ2n) is 5.26. The Hall–Kier alpha value is -1.36. The van der Waals surface area contributed by atoms with Crippen molar-refractivity contribution in [1.29, 1.82) is 0 Å². The summed E-state index contributed by atoms with van der Waals surface area (Å²) in [6.45, 7) is 5.49. The minimum absolute atomic E-state index is 0.367. The normalized spacial score (nSPS) is 23.1. The Morgan fingerprint density at radius 3 is 3.00 bits per heavy atom. The van der Waals surface area contributed by atoms with Gasteiger partial charge in [-0.1, -0.05) is 6.42 Å². The van der Waals surface area contributed by atoms with Crippen LogP contribution in [0.4, 0.5) is 5.82 Å². The number of anilines is 1. The van der Waals surface area contributed by atoms with Crippen LogP contribution in [0, 0.1) is 12.8 Å². The molecule has 2 unspecified atom stereocenters. The molecular weight excluding hydrogens is 240 g/mol. The van der Waals surface area contributed by atoms with Crippen molar-refractivity contribution in [2.45, 2.75) is 45.6 Å². The van der Waals surface area contributed by atoms with E-state index in [4.69, 9.17) is 10.5 Å². The summed E-state index contributed by atoms with van der Waals surface area (Å²) < 4.78 is 5.48. The molecule has 5 nitrogen and oxygen atoms in total. The van der Waals surface area contributed by atoms with Gasteiger partial charge in [-0.2, -0.15) is 0 Å². The van der Waals surface area contributed by atoms with Crippen LogP contribution in [0.25, 0.3) is 0 Å². The number of aromatic nitrogens is 2. The standard InChI is InChI=1S/C14H24N4O/c1-3-19-14-10(2)13(17-9-18-14)16-8-11-5-4-6-12(15)7-11/h9,11-12H,3-8,15H2,1-2H3,(H,16,17,18). The van der Waals surface area contributed by atoms with E-state index in [2.05, 4.69) is 15.3 Å². The minimum Gasteiger partial charge on any atom is -0.478 e. The van der Waals surface area contributed by atoms with Gasteiger partial charge in [-0.3, -0.25) is 0 Å². The van der Waals surface area contributed by atoms with E-state index in [9.17, 15) is 0 Å². The lowest BCUT2D eigenvalue weighted by molar-refractivity contribution is 0.323. The zero-order valence-corrected chi connectivity index (χ0v) is 11.9. The van der Waals surface area contributed by atoms with E-state index in [1.165, 1.54) is 12.8 Å². The molecule has 1 heterocycles. The van der Waals surface area contributed by atoms with E-state index in [-0.39, 0.29) is 0 Å². The summed E-state index contributed by atoms with van der Waals surface area (Å²) in [7, 11) is 0. The third-order valence-electron chi connectivity index (χ3n) is 3.70. The van der Waals surface area contributed by atoms with Gasteiger partial charge >= 0.3 is 0 Å². The third kappa shape index (κ3) is 3.80. The van der Waals surface area contributed by atoms with Crippen LogP contribution in [0.15, 0.2) is 6.33 Å². The molecule has 1 fully saturated rings. The Morgan fingerprint density at radius 2 is 2.26 bits per heavy atom. The maximum absolute atomic E-state index is 6.01. The number of nitrogens with two attached hydrogens (primary N) is 1. The second-order valence-corrected chi connectivity index (χ2v) is 5.26. The molecule has 1 aromatic heterocycles. The summed E-state index contributed by atoms with van der Waals surface area (Å²) in [6.07, 6.45) is 6.31. The maximum atomic E-state index is 6.01. The molecule has 0 aromatic carbocycles. The average molecular weight is 264 g/mol. The van der Waals surface area contributed by atoms with Crippen molar-refractivity contribution >= 4 is 5.82 Å². The summed E-state index contributed by atoms with van der Waals surface area (Å²) in [6, 6.07) is 0.367. The Balaban J connectivity index is 1.93. The van der Waals surface area contributed by atoms with Crippen LogP contribution in [-0.4, -0.2) is 29.2 Å². The molecule has 0 bridgehead atoms. The topological polar surface area (TPSA) is 73.1 Å². The van der Waals surface area contributed by atoms with Gasteiger partial charge in [0.25, 0.3) is 0 Å². The largest absolute Gasteiger partial charge is 0.478 e. The zero-order valence-electron chi connectivity index (χ0n) is 11.9. The molecule has 5 heteroatoms. The number of hydrogen-bond acceptors (Lipinski definition) is 5. The van der Waals surface area contributed by atoms with E-state index >= 15 is 0 Å². The Labute approximate surface area is 115 Å². The molecule has 0 amide bonds. The number of ether oxygens (including phenoxy) is 1. The van der Waals surface area contributed by atoms with Crippen molar-refractivity contribution in [3.8, 4) is 5.88 Å². The average Bonchev–Trinajstić information content (AvgIpc) is 2.40. The van der Waals surface area contributed by atoms with Crippen molar-refractivity contribution in [3.05, 3.63) is 11.9 Å². The predicted molar refractivity (Wildman–Crippen MR) is 76.4 cm³/mol. The highest BCUT2D eigenvalue weighted by atomic mass is 16.5. The Bertz CT molecular complexity index is 410. The fourth-order valence-electron chi connectivity index (χ4n) is 2.65. The zero-order chi connectivity index (χ0) is 13.7. The summed E-state index contributed by atoms with van der Waals surface area (Å²) in [4.78, 5) is 8.43. The monoisotopic (exact) mass is 264 g/mol. The first kappa shape index (κ1) is 14.1. The molecule has 1 saturated carbocycles. The van der Waals surface area contributed by atoms with E-state index in [1.54, 1.807) is 6.33 Å². The maximum Gasteiger partial charge on any atom is 0.221 e. The Morgan fingerprint density at radius 1 is 1.42 bits per heavy atom. The molecule has 106 valence electrons. The predicted octanol–water partition coefficient (Wildman–Crippen LogP) is 2.11. The summed E-state index contributed by atoms with van der Waals surface area (Å²) in [5.74, 6) is 2.19. The lowest BCUT2D eigenvalue weighted by Crippen LogP contribution is -2.31. The number of hydrogen-bond donors (Lipinski definition) is 2. The van der Waals surface area contributed by atoms with Crippen LogP contribution < -0.4 is 15.8 Å². The molecule has 1 aromatic rings. The Kier molecular flexibility index (Phi) is 4.96. The SMILES string of the molecule is CCOc1ncnc(NCC2CCCC(N)C2)c1C. The van der Waals surface area contributed by atoms with E-state index < -0.39 is 0 Å². The lowest BCUT2D eigenvalue weighted by atomic mass is 9.86. The van der Waals surface area contributed by atoms with Gasteiger partial charge in [-0.05, 0) is 39.0 Å². The van der Waals surface area contributed by atoms with E-state index in [1.807, 2.05) is 13.8 Å². The molecule has 3 N–H and O–H groups in total. The molecule has 2 rings (SSSR count). The van der Waals surface area contributed by atoms with Gasteiger partial charge < -0.3 is 15.8 Å².